The Bertz CT molecular complexity index is 689. The summed E-state index contributed by atoms with van der Waals surface area (Å²) in [6.45, 7) is 6.17. The van der Waals surface area contributed by atoms with E-state index >= 15 is 0 Å². The minimum absolute atomic E-state index is 0.0337. The van der Waals surface area contributed by atoms with E-state index in [2.05, 4.69) is 12.2 Å². The second-order valence-corrected chi connectivity index (χ2v) is 10.8. The molecule has 0 radical (unpaired) electrons. The van der Waals surface area contributed by atoms with Crippen LogP contribution in [-0.4, -0.2) is 21.9 Å². The fraction of sp³-hybridized carbons (Fsp3) is 0.556. The summed E-state index contributed by atoms with van der Waals surface area (Å²) in [6.07, 6.45) is 5.68. The van der Waals surface area contributed by atoms with Crippen molar-refractivity contribution >= 4 is 18.4 Å². The van der Waals surface area contributed by atoms with Gasteiger partial charge >= 0.3 is 7.60 Å². The summed E-state index contributed by atoms with van der Waals surface area (Å²) in [5.74, 6) is 0.271. The van der Waals surface area contributed by atoms with Gasteiger partial charge in [-0.25, -0.2) is 0 Å². The quantitative estimate of drug-likeness (QED) is 0.519. The van der Waals surface area contributed by atoms with Crippen LogP contribution in [0.1, 0.15) is 32.3 Å². The Labute approximate surface area is 146 Å². The van der Waals surface area contributed by atoms with Gasteiger partial charge in [-0.1, -0.05) is 29.8 Å². The Morgan fingerprint density at radius 3 is 2.25 bits per heavy atom. The molecule has 6 heteroatoms. The first-order valence-electron chi connectivity index (χ1n) is 8.53. The van der Waals surface area contributed by atoms with Crippen LogP contribution in [0.3, 0.4) is 0 Å². The zero-order valence-corrected chi connectivity index (χ0v) is 16.1. The Balaban J connectivity index is 2.10. The van der Waals surface area contributed by atoms with Crippen LogP contribution in [0.2, 0.25) is 0 Å². The zero-order valence-electron chi connectivity index (χ0n) is 14.4. The van der Waals surface area contributed by atoms with E-state index in [0.29, 0.717) is 17.2 Å². The smallest absolute Gasteiger partial charge is 0.308 e. The standard InChI is InChI=1S/C18H25O4PS/c1-4-21-23(19,22-5-2)18(13-15-8-9-16(18)12-15)24(20)17-10-6-14(3)7-11-17/h6-11,15-16H,4-5,12-13H2,1-3H3/t15-,16+,18?,24+/m1/s1. The molecule has 0 aliphatic heterocycles. The van der Waals surface area contributed by atoms with Gasteiger partial charge in [-0.05, 0) is 51.7 Å². The highest BCUT2D eigenvalue weighted by Crippen LogP contribution is 2.72. The van der Waals surface area contributed by atoms with Crippen molar-refractivity contribution in [2.24, 2.45) is 11.8 Å². The molecule has 0 N–H and O–H groups in total. The Hall–Kier alpha value is -0.740. The van der Waals surface area contributed by atoms with Crippen LogP contribution < -0.4 is 0 Å². The maximum Gasteiger partial charge on any atom is 0.350 e. The fourth-order valence-electron chi connectivity index (χ4n) is 3.88. The van der Waals surface area contributed by atoms with Crippen LogP contribution in [0, 0.1) is 18.8 Å². The first kappa shape index (κ1) is 18.1. The Kier molecular flexibility index (Phi) is 5.17. The largest absolute Gasteiger partial charge is 0.350 e. The highest BCUT2D eigenvalue weighted by Gasteiger charge is 2.65. The van der Waals surface area contributed by atoms with Gasteiger partial charge in [-0.2, -0.15) is 0 Å². The lowest BCUT2D eigenvalue weighted by Gasteiger charge is -2.39. The van der Waals surface area contributed by atoms with Crippen molar-refractivity contribution in [3.63, 3.8) is 0 Å². The maximum atomic E-state index is 13.7. The lowest BCUT2D eigenvalue weighted by molar-refractivity contribution is 0.203. The predicted molar refractivity (Wildman–Crippen MR) is 96.5 cm³/mol. The molecule has 1 unspecified atom stereocenters. The third-order valence-corrected chi connectivity index (χ3v) is 10.5. The molecule has 1 aromatic carbocycles. The molecule has 0 aromatic heterocycles. The van der Waals surface area contributed by atoms with E-state index in [0.717, 1.165) is 12.0 Å². The molecule has 1 fully saturated rings. The van der Waals surface area contributed by atoms with Gasteiger partial charge < -0.3 is 9.05 Å². The molecule has 4 nitrogen and oxygen atoms in total. The van der Waals surface area contributed by atoms with Crippen LogP contribution in [0.4, 0.5) is 0 Å². The SMILES string of the molecule is CCOP(=O)(OCC)C1([S@@](=O)c2ccc(C)cc2)C[C@@H]2C=C[C@H]1C2. The second kappa shape index (κ2) is 6.87. The third kappa shape index (κ3) is 2.76. The summed E-state index contributed by atoms with van der Waals surface area (Å²) in [5, 5.41) is 0. The minimum Gasteiger partial charge on any atom is -0.308 e. The van der Waals surface area contributed by atoms with E-state index in [1.807, 2.05) is 31.2 Å². The number of fused-ring (bicyclic) bond motifs is 2. The van der Waals surface area contributed by atoms with Crippen LogP contribution in [-0.2, 0) is 24.4 Å². The van der Waals surface area contributed by atoms with Crippen molar-refractivity contribution in [3.05, 3.63) is 42.0 Å². The van der Waals surface area contributed by atoms with Gasteiger partial charge in [-0.15, -0.1) is 0 Å². The summed E-state index contributed by atoms with van der Waals surface area (Å²) < 4.78 is 37.7. The summed E-state index contributed by atoms with van der Waals surface area (Å²) in [5.41, 5.74) is 1.11. The summed E-state index contributed by atoms with van der Waals surface area (Å²) in [4.78, 5) is 0.696. The molecule has 0 heterocycles. The van der Waals surface area contributed by atoms with Crippen molar-refractivity contribution in [1.82, 2.24) is 0 Å². The van der Waals surface area contributed by atoms with E-state index in [1.54, 1.807) is 13.8 Å². The van der Waals surface area contributed by atoms with Gasteiger partial charge in [0.15, 0.2) is 4.49 Å². The molecule has 2 bridgehead atoms. The van der Waals surface area contributed by atoms with Crippen LogP contribution >= 0.6 is 7.60 Å². The van der Waals surface area contributed by atoms with Gasteiger partial charge in [0.1, 0.15) is 0 Å². The molecular formula is C18H25O4PS. The molecule has 24 heavy (non-hydrogen) atoms. The van der Waals surface area contributed by atoms with Crippen LogP contribution in [0.15, 0.2) is 41.3 Å². The van der Waals surface area contributed by atoms with Gasteiger partial charge in [-0.3, -0.25) is 8.77 Å². The maximum absolute atomic E-state index is 13.7. The van der Waals surface area contributed by atoms with Gasteiger partial charge in [0.2, 0.25) is 0 Å². The Morgan fingerprint density at radius 2 is 1.79 bits per heavy atom. The first-order chi connectivity index (χ1) is 11.5. The van der Waals surface area contributed by atoms with E-state index in [4.69, 9.17) is 9.05 Å². The van der Waals surface area contributed by atoms with Crippen molar-refractivity contribution in [2.75, 3.05) is 13.2 Å². The fourth-order valence-corrected chi connectivity index (χ4v) is 9.18. The molecule has 2 aliphatic rings. The number of aryl methyl sites for hydroxylation is 1. The zero-order chi connectivity index (χ0) is 17.4. The molecule has 1 aromatic rings. The average Bonchev–Trinajstić information content (AvgIpc) is 3.17. The van der Waals surface area contributed by atoms with Gasteiger partial charge in [0.05, 0.1) is 24.0 Å². The normalized spacial score (nSPS) is 30.0. The Morgan fingerprint density at radius 1 is 1.17 bits per heavy atom. The summed E-state index contributed by atoms with van der Waals surface area (Å²) in [6, 6.07) is 7.61. The van der Waals surface area contributed by atoms with Crippen molar-refractivity contribution in [2.45, 2.75) is 43.0 Å². The number of hydrogen-bond acceptors (Lipinski definition) is 4. The van der Waals surface area contributed by atoms with E-state index in [-0.39, 0.29) is 19.1 Å². The molecule has 132 valence electrons. The number of hydrogen-bond donors (Lipinski definition) is 0. The average molecular weight is 368 g/mol. The minimum atomic E-state index is -3.53. The van der Waals surface area contributed by atoms with Crippen LogP contribution in [0.25, 0.3) is 0 Å². The molecule has 0 spiro atoms. The van der Waals surface area contributed by atoms with Crippen LogP contribution in [0.5, 0.6) is 0 Å². The highest BCUT2D eigenvalue weighted by molar-refractivity contribution is 7.94. The third-order valence-electron chi connectivity index (χ3n) is 4.92. The lowest BCUT2D eigenvalue weighted by Crippen LogP contribution is -2.40. The molecule has 2 aliphatic carbocycles. The van der Waals surface area contributed by atoms with E-state index < -0.39 is 22.9 Å². The van der Waals surface area contributed by atoms with Crippen molar-refractivity contribution < 1.29 is 17.8 Å². The first-order valence-corrected chi connectivity index (χ1v) is 11.2. The monoisotopic (exact) mass is 368 g/mol. The molecule has 3 rings (SSSR count). The van der Waals surface area contributed by atoms with E-state index in [9.17, 15) is 8.77 Å². The predicted octanol–water partition coefficient (Wildman–Crippen LogP) is 4.66. The lowest BCUT2D eigenvalue weighted by atomic mass is 10.1. The molecular weight excluding hydrogens is 343 g/mol. The number of rotatable bonds is 7. The molecule has 0 amide bonds. The number of allylic oxidation sites excluding steroid dienone is 2. The van der Waals surface area contributed by atoms with Gasteiger partial charge in [0.25, 0.3) is 0 Å². The van der Waals surface area contributed by atoms with Crippen molar-refractivity contribution in [3.8, 4) is 0 Å². The topological polar surface area (TPSA) is 52.6 Å². The highest BCUT2D eigenvalue weighted by atomic mass is 32.2. The molecule has 1 saturated carbocycles. The van der Waals surface area contributed by atoms with Crippen molar-refractivity contribution in [1.29, 1.82) is 0 Å². The number of benzene rings is 1. The second-order valence-electron chi connectivity index (χ2n) is 6.45. The molecule has 4 atom stereocenters. The summed E-state index contributed by atoms with van der Waals surface area (Å²) in [7, 11) is -4.99. The van der Waals surface area contributed by atoms with Gasteiger partial charge in [0, 0.05) is 10.8 Å². The van der Waals surface area contributed by atoms with E-state index in [1.165, 1.54) is 0 Å². The molecule has 0 saturated heterocycles. The summed E-state index contributed by atoms with van der Waals surface area (Å²) >= 11 is 0.